The molecule has 2 amide bonds. The van der Waals surface area contributed by atoms with Gasteiger partial charge >= 0.3 is 12.1 Å². The molecule has 1 aliphatic heterocycles. The number of hydrogen-bond acceptors (Lipinski definition) is 6. The van der Waals surface area contributed by atoms with Crippen molar-refractivity contribution in [3.63, 3.8) is 0 Å². The van der Waals surface area contributed by atoms with E-state index in [0.717, 1.165) is 22.3 Å². The maximum absolute atomic E-state index is 12.9. The molecule has 1 heterocycles. The van der Waals surface area contributed by atoms with Gasteiger partial charge in [0.15, 0.2) is 0 Å². The van der Waals surface area contributed by atoms with E-state index in [1.54, 1.807) is 0 Å². The number of benzene rings is 2. The number of ether oxygens (including phenoxy) is 2. The molecule has 0 saturated carbocycles. The molecular formula is C26H27N3O6. The van der Waals surface area contributed by atoms with Crippen LogP contribution in [-0.2, 0) is 19.1 Å². The number of alkyl carbamates (subject to hydrolysis) is 1. The summed E-state index contributed by atoms with van der Waals surface area (Å²) in [6.07, 6.45) is 0.0818. The molecule has 9 heteroatoms. The molecule has 182 valence electrons. The summed E-state index contributed by atoms with van der Waals surface area (Å²) in [5.74, 6) is -2.56. The molecule has 0 radical (unpaired) electrons. The lowest BCUT2D eigenvalue weighted by Crippen LogP contribution is -2.52. The van der Waals surface area contributed by atoms with Gasteiger partial charge in [0, 0.05) is 12.3 Å². The lowest BCUT2D eigenvalue weighted by atomic mass is 9.98. The van der Waals surface area contributed by atoms with Gasteiger partial charge in [-0.2, -0.15) is 5.26 Å². The van der Waals surface area contributed by atoms with Crippen molar-refractivity contribution in [2.45, 2.75) is 37.3 Å². The van der Waals surface area contributed by atoms with Crippen LogP contribution in [0.1, 0.15) is 36.3 Å². The molecule has 2 aromatic carbocycles. The molecule has 3 unspecified atom stereocenters. The predicted molar refractivity (Wildman–Crippen MR) is 125 cm³/mol. The van der Waals surface area contributed by atoms with Crippen LogP contribution >= 0.6 is 0 Å². The van der Waals surface area contributed by atoms with Gasteiger partial charge in [-0.05, 0) is 35.1 Å². The standard InChI is InChI=1S/C26H27N3O6/c27-12-6-5-11-22(24(30)28-23-15-34-13-21(23)25(31)32)29-26(33)35-14-20-18-9-3-1-7-16(18)17-8-2-4-10-19(17)20/h1-4,7-10,20-23H,5-6,11,13-15H2,(H,28,30)(H,29,33)(H,31,32). The second-order valence-corrected chi connectivity index (χ2v) is 8.67. The number of unbranched alkanes of at least 4 members (excludes halogenated alkanes) is 1. The Morgan fingerprint density at radius 1 is 1.09 bits per heavy atom. The molecule has 4 rings (SSSR count). The normalized spacial score (nSPS) is 19.2. The first-order chi connectivity index (χ1) is 17.0. The molecule has 1 fully saturated rings. The number of aliphatic carboxylic acids is 1. The molecule has 35 heavy (non-hydrogen) atoms. The maximum atomic E-state index is 12.9. The summed E-state index contributed by atoms with van der Waals surface area (Å²) in [4.78, 5) is 36.9. The number of carboxylic acids is 1. The van der Waals surface area contributed by atoms with Gasteiger partial charge in [0.25, 0.3) is 0 Å². The van der Waals surface area contributed by atoms with Gasteiger partial charge in [-0.15, -0.1) is 0 Å². The largest absolute Gasteiger partial charge is 0.481 e. The zero-order chi connectivity index (χ0) is 24.8. The van der Waals surface area contributed by atoms with E-state index in [4.69, 9.17) is 14.7 Å². The smallest absolute Gasteiger partial charge is 0.407 e. The van der Waals surface area contributed by atoms with Gasteiger partial charge in [-0.3, -0.25) is 9.59 Å². The van der Waals surface area contributed by atoms with E-state index < -0.39 is 36.0 Å². The number of nitrogens with one attached hydrogen (secondary N) is 2. The molecule has 2 aromatic rings. The minimum atomic E-state index is -1.06. The molecule has 0 aromatic heterocycles. The highest BCUT2D eigenvalue weighted by Gasteiger charge is 2.36. The number of carboxylic acid groups (broad SMARTS) is 1. The number of nitriles is 1. The first-order valence-corrected chi connectivity index (χ1v) is 11.6. The third-order valence-electron chi connectivity index (χ3n) is 6.46. The summed E-state index contributed by atoms with van der Waals surface area (Å²) in [6, 6.07) is 16.3. The lowest BCUT2D eigenvalue weighted by molar-refractivity contribution is -0.142. The van der Waals surface area contributed by atoms with E-state index >= 15 is 0 Å². The molecule has 9 nitrogen and oxygen atoms in total. The number of carbonyl (C=O) groups excluding carboxylic acids is 2. The van der Waals surface area contributed by atoms with Gasteiger partial charge in [0.05, 0.1) is 25.3 Å². The van der Waals surface area contributed by atoms with E-state index in [9.17, 15) is 19.5 Å². The van der Waals surface area contributed by atoms with Crippen LogP contribution in [0.4, 0.5) is 4.79 Å². The Labute approximate surface area is 203 Å². The summed E-state index contributed by atoms with van der Waals surface area (Å²) in [5.41, 5.74) is 4.37. The van der Waals surface area contributed by atoms with Crippen LogP contribution in [0, 0.1) is 17.2 Å². The van der Waals surface area contributed by atoms with Gasteiger partial charge < -0.3 is 25.2 Å². The van der Waals surface area contributed by atoms with Crippen molar-refractivity contribution < 1.29 is 29.0 Å². The van der Waals surface area contributed by atoms with Crippen LogP contribution in [0.5, 0.6) is 0 Å². The first kappa shape index (κ1) is 24.2. The highest BCUT2D eigenvalue weighted by molar-refractivity contribution is 5.86. The van der Waals surface area contributed by atoms with Crippen molar-refractivity contribution >= 4 is 18.0 Å². The molecule has 3 atom stereocenters. The van der Waals surface area contributed by atoms with Crippen molar-refractivity contribution in [1.82, 2.24) is 10.6 Å². The van der Waals surface area contributed by atoms with Crippen molar-refractivity contribution in [3.8, 4) is 17.2 Å². The highest BCUT2D eigenvalue weighted by Crippen LogP contribution is 2.44. The molecule has 1 saturated heterocycles. The summed E-state index contributed by atoms with van der Waals surface area (Å²) in [6.45, 7) is 0.196. The number of fused-ring (bicyclic) bond motifs is 3. The SMILES string of the molecule is N#CCCCC(NC(=O)OCC1c2ccccc2-c2ccccc21)C(=O)NC1COCC1C(=O)O. The van der Waals surface area contributed by atoms with Crippen molar-refractivity contribution in [2.24, 2.45) is 5.92 Å². The van der Waals surface area contributed by atoms with E-state index in [-0.39, 0.29) is 38.6 Å². The monoisotopic (exact) mass is 477 g/mol. The fraction of sp³-hybridized carbons (Fsp3) is 0.385. The zero-order valence-electron chi connectivity index (χ0n) is 19.1. The number of rotatable bonds is 9. The Morgan fingerprint density at radius 3 is 2.37 bits per heavy atom. The van der Waals surface area contributed by atoms with Crippen LogP contribution in [0.2, 0.25) is 0 Å². The minimum Gasteiger partial charge on any atom is -0.481 e. The van der Waals surface area contributed by atoms with Crippen LogP contribution in [0.15, 0.2) is 48.5 Å². The van der Waals surface area contributed by atoms with E-state index in [0.29, 0.717) is 6.42 Å². The van der Waals surface area contributed by atoms with E-state index in [1.165, 1.54) is 0 Å². The number of amides is 2. The Hall–Kier alpha value is -3.90. The molecule has 0 bridgehead atoms. The van der Waals surface area contributed by atoms with Crippen molar-refractivity contribution in [2.75, 3.05) is 19.8 Å². The van der Waals surface area contributed by atoms with E-state index in [2.05, 4.69) is 10.6 Å². The second-order valence-electron chi connectivity index (χ2n) is 8.67. The summed E-state index contributed by atoms with van der Waals surface area (Å²) >= 11 is 0. The predicted octanol–water partition coefficient (Wildman–Crippen LogP) is 2.80. The average molecular weight is 478 g/mol. The Morgan fingerprint density at radius 2 is 1.74 bits per heavy atom. The quantitative estimate of drug-likeness (QED) is 0.472. The minimum absolute atomic E-state index is 0.0131. The van der Waals surface area contributed by atoms with Crippen molar-refractivity contribution in [3.05, 3.63) is 59.7 Å². The maximum Gasteiger partial charge on any atom is 0.407 e. The first-order valence-electron chi connectivity index (χ1n) is 11.6. The number of carbonyl (C=O) groups is 3. The van der Waals surface area contributed by atoms with Crippen LogP contribution in [-0.4, -0.2) is 55.0 Å². The van der Waals surface area contributed by atoms with Gasteiger partial charge in [0.2, 0.25) is 5.91 Å². The molecule has 2 aliphatic rings. The summed E-state index contributed by atoms with van der Waals surface area (Å²) in [7, 11) is 0. The van der Waals surface area contributed by atoms with Crippen LogP contribution < -0.4 is 10.6 Å². The lowest BCUT2D eigenvalue weighted by Gasteiger charge is -2.22. The third kappa shape index (κ3) is 5.44. The summed E-state index contributed by atoms with van der Waals surface area (Å²) < 4.78 is 10.7. The zero-order valence-corrected chi connectivity index (χ0v) is 19.1. The molecule has 1 aliphatic carbocycles. The van der Waals surface area contributed by atoms with Crippen LogP contribution in [0.25, 0.3) is 11.1 Å². The van der Waals surface area contributed by atoms with Gasteiger partial charge in [-0.1, -0.05) is 48.5 Å². The number of hydrogen-bond donors (Lipinski definition) is 3. The average Bonchev–Trinajstić information content (AvgIpc) is 3.45. The third-order valence-corrected chi connectivity index (χ3v) is 6.46. The second kappa shape index (κ2) is 11.0. The van der Waals surface area contributed by atoms with Gasteiger partial charge in [-0.25, -0.2) is 4.79 Å². The Bertz CT molecular complexity index is 1100. The fourth-order valence-corrected chi connectivity index (χ4v) is 4.66. The topological polar surface area (TPSA) is 138 Å². The highest BCUT2D eigenvalue weighted by atomic mass is 16.5. The summed E-state index contributed by atoms with van der Waals surface area (Å²) in [5, 5.41) is 23.4. The Balaban J connectivity index is 1.40. The van der Waals surface area contributed by atoms with E-state index in [1.807, 2.05) is 54.6 Å². The van der Waals surface area contributed by atoms with Crippen LogP contribution in [0.3, 0.4) is 0 Å². The van der Waals surface area contributed by atoms with Crippen molar-refractivity contribution in [1.29, 1.82) is 5.26 Å². The van der Waals surface area contributed by atoms with Gasteiger partial charge in [0.1, 0.15) is 18.6 Å². The molecule has 3 N–H and O–H groups in total. The molecular weight excluding hydrogens is 450 g/mol. The Kier molecular flexibility index (Phi) is 7.63. The number of nitrogens with zero attached hydrogens (tertiary/aromatic N) is 1. The fourth-order valence-electron chi connectivity index (χ4n) is 4.66. The molecule has 0 spiro atoms.